The molecule has 2 fully saturated rings. The van der Waals surface area contributed by atoms with Gasteiger partial charge in [0.2, 0.25) is 0 Å². The van der Waals surface area contributed by atoms with Crippen LogP contribution in [0.3, 0.4) is 0 Å². The van der Waals surface area contributed by atoms with Crippen LogP contribution < -0.4 is 0 Å². The first-order valence-corrected chi connectivity index (χ1v) is 6.46. The van der Waals surface area contributed by atoms with E-state index in [1.54, 1.807) is 5.70 Å². The minimum absolute atomic E-state index is 0.253. The van der Waals surface area contributed by atoms with Crippen LogP contribution in [-0.4, -0.2) is 30.2 Å². The van der Waals surface area contributed by atoms with Crippen LogP contribution in [0.4, 0.5) is 0 Å². The van der Waals surface area contributed by atoms with E-state index in [9.17, 15) is 0 Å². The minimum atomic E-state index is 0.253. The van der Waals surface area contributed by atoms with Crippen molar-refractivity contribution in [1.82, 2.24) is 4.90 Å². The molecule has 3 aliphatic rings. The van der Waals surface area contributed by atoms with Gasteiger partial charge in [-0.15, -0.1) is 0 Å². The van der Waals surface area contributed by atoms with Crippen molar-refractivity contribution >= 4 is 0 Å². The monoisotopic (exact) mass is 207 g/mol. The van der Waals surface area contributed by atoms with Gasteiger partial charge in [-0.2, -0.15) is 0 Å². The lowest BCUT2D eigenvalue weighted by Gasteiger charge is -2.34. The zero-order chi connectivity index (χ0) is 10.1. The highest BCUT2D eigenvalue weighted by molar-refractivity contribution is 5.12. The first-order chi connectivity index (χ1) is 7.38. The van der Waals surface area contributed by atoms with Gasteiger partial charge < -0.3 is 9.64 Å². The van der Waals surface area contributed by atoms with Gasteiger partial charge in [0.25, 0.3) is 0 Å². The molecule has 0 amide bonds. The number of hydrogen-bond donors (Lipinski definition) is 0. The van der Waals surface area contributed by atoms with Crippen molar-refractivity contribution in [3.63, 3.8) is 0 Å². The number of hydrogen-bond acceptors (Lipinski definition) is 2. The summed E-state index contributed by atoms with van der Waals surface area (Å²) in [5.41, 5.74) is 1.86. The van der Waals surface area contributed by atoms with E-state index in [2.05, 4.69) is 11.0 Å². The van der Waals surface area contributed by atoms with Crippen molar-refractivity contribution in [3.8, 4) is 0 Å². The van der Waals surface area contributed by atoms with Crippen LogP contribution in [0.5, 0.6) is 0 Å². The van der Waals surface area contributed by atoms with Crippen LogP contribution in [0.2, 0.25) is 0 Å². The minimum Gasteiger partial charge on any atom is -0.375 e. The van der Waals surface area contributed by atoms with E-state index in [4.69, 9.17) is 4.74 Å². The molecule has 0 aromatic carbocycles. The fourth-order valence-corrected chi connectivity index (χ4v) is 3.27. The lowest BCUT2D eigenvalue weighted by Crippen LogP contribution is -2.32. The number of ether oxygens (including phenoxy) is 1. The molecule has 0 bridgehead atoms. The molecule has 2 saturated heterocycles. The molecule has 1 atom stereocenters. The largest absolute Gasteiger partial charge is 0.375 e. The van der Waals surface area contributed by atoms with Crippen molar-refractivity contribution in [1.29, 1.82) is 0 Å². The lowest BCUT2D eigenvalue weighted by atomic mass is 9.85. The fourth-order valence-electron chi connectivity index (χ4n) is 3.27. The van der Waals surface area contributed by atoms with Crippen LogP contribution in [0.25, 0.3) is 0 Å². The molecular formula is C13H21NO. The molecule has 0 N–H and O–H groups in total. The third-order valence-corrected chi connectivity index (χ3v) is 4.24. The van der Waals surface area contributed by atoms with E-state index in [-0.39, 0.29) is 5.60 Å². The summed E-state index contributed by atoms with van der Waals surface area (Å²) >= 11 is 0. The van der Waals surface area contributed by atoms with Crippen molar-refractivity contribution in [2.24, 2.45) is 0 Å². The van der Waals surface area contributed by atoms with E-state index in [1.807, 2.05) is 0 Å². The molecule has 2 heteroatoms. The summed E-state index contributed by atoms with van der Waals surface area (Å²) in [6.07, 6.45) is 11.5. The predicted molar refractivity (Wildman–Crippen MR) is 60.7 cm³/mol. The highest BCUT2D eigenvalue weighted by atomic mass is 16.5. The SMILES string of the molecule is C1=C(N2CCCC2)CCC2(C1)CCCO2. The van der Waals surface area contributed by atoms with Gasteiger partial charge in [0.05, 0.1) is 5.60 Å². The average molecular weight is 207 g/mol. The van der Waals surface area contributed by atoms with Gasteiger partial charge in [0, 0.05) is 25.4 Å². The molecule has 2 aliphatic heterocycles. The van der Waals surface area contributed by atoms with Gasteiger partial charge in [0.15, 0.2) is 0 Å². The van der Waals surface area contributed by atoms with Crippen molar-refractivity contribution in [3.05, 3.63) is 11.8 Å². The van der Waals surface area contributed by atoms with E-state index in [1.165, 1.54) is 58.0 Å². The molecule has 1 aliphatic carbocycles. The number of nitrogens with zero attached hydrogens (tertiary/aromatic N) is 1. The molecule has 3 rings (SSSR count). The summed E-state index contributed by atoms with van der Waals surface area (Å²) in [6.45, 7) is 3.58. The number of rotatable bonds is 1. The zero-order valence-electron chi connectivity index (χ0n) is 9.50. The average Bonchev–Trinajstić information content (AvgIpc) is 2.91. The second-order valence-corrected chi connectivity index (χ2v) is 5.23. The highest BCUT2D eigenvalue weighted by Crippen LogP contribution is 2.39. The van der Waals surface area contributed by atoms with Gasteiger partial charge >= 0.3 is 0 Å². The van der Waals surface area contributed by atoms with Gasteiger partial charge in [-0.1, -0.05) is 6.08 Å². The van der Waals surface area contributed by atoms with E-state index < -0.39 is 0 Å². The van der Waals surface area contributed by atoms with Crippen LogP contribution in [0.15, 0.2) is 11.8 Å². The summed E-state index contributed by atoms with van der Waals surface area (Å²) in [5.74, 6) is 0. The Morgan fingerprint density at radius 3 is 2.60 bits per heavy atom. The molecule has 1 unspecified atom stereocenters. The highest BCUT2D eigenvalue weighted by Gasteiger charge is 2.36. The maximum Gasteiger partial charge on any atom is 0.0722 e. The third kappa shape index (κ3) is 1.80. The zero-order valence-corrected chi connectivity index (χ0v) is 9.50. The Morgan fingerprint density at radius 2 is 2.00 bits per heavy atom. The second kappa shape index (κ2) is 3.82. The Balaban J connectivity index is 1.66. The summed E-state index contributed by atoms with van der Waals surface area (Å²) in [7, 11) is 0. The quantitative estimate of drug-likeness (QED) is 0.655. The Labute approximate surface area is 92.3 Å². The maximum atomic E-state index is 5.93. The third-order valence-electron chi connectivity index (χ3n) is 4.24. The van der Waals surface area contributed by atoms with E-state index >= 15 is 0 Å². The van der Waals surface area contributed by atoms with Crippen molar-refractivity contribution in [2.45, 2.75) is 50.5 Å². The molecular weight excluding hydrogens is 186 g/mol. The van der Waals surface area contributed by atoms with Gasteiger partial charge in [0.1, 0.15) is 0 Å². The molecule has 2 heterocycles. The standard InChI is InChI=1S/C13H21NO/c1-2-10-14(9-1)12-4-7-13(8-5-12)6-3-11-15-13/h4H,1-3,5-11H2. The van der Waals surface area contributed by atoms with Crippen molar-refractivity contribution in [2.75, 3.05) is 19.7 Å². The van der Waals surface area contributed by atoms with Crippen LogP contribution in [-0.2, 0) is 4.74 Å². The summed E-state index contributed by atoms with van der Waals surface area (Å²) in [4.78, 5) is 2.59. The number of likely N-dealkylation sites (tertiary alicyclic amines) is 1. The molecule has 2 nitrogen and oxygen atoms in total. The summed E-state index contributed by atoms with van der Waals surface area (Å²) in [5, 5.41) is 0. The molecule has 1 spiro atoms. The fraction of sp³-hybridized carbons (Fsp3) is 0.846. The van der Waals surface area contributed by atoms with Crippen LogP contribution in [0, 0.1) is 0 Å². The van der Waals surface area contributed by atoms with Crippen LogP contribution >= 0.6 is 0 Å². The van der Waals surface area contributed by atoms with Crippen LogP contribution in [0.1, 0.15) is 44.9 Å². The Morgan fingerprint density at radius 1 is 1.13 bits per heavy atom. The van der Waals surface area contributed by atoms with E-state index in [0.717, 1.165) is 6.61 Å². The Hall–Kier alpha value is -0.500. The predicted octanol–water partition coefficient (Wildman–Crippen LogP) is 2.70. The lowest BCUT2D eigenvalue weighted by molar-refractivity contribution is -0.00595. The summed E-state index contributed by atoms with van der Waals surface area (Å²) < 4.78 is 5.93. The second-order valence-electron chi connectivity index (χ2n) is 5.23. The Bertz CT molecular complexity index is 260. The first kappa shape index (κ1) is 9.71. The van der Waals surface area contributed by atoms with Gasteiger partial charge in [-0.05, 0) is 44.9 Å². The molecule has 84 valence electrons. The molecule has 0 saturated carbocycles. The molecule has 15 heavy (non-hydrogen) atoms. The smallest absolute Gasteiger partial charge is 0.0722 e. The summed E-state index contributed by atoms with van der Waals surface area (Å²) in [6, 6.07) is 0. The maximum absolute atomic E-state index is 5.93. The Kier molecular flexibility index (Phi) is 2.47. The van der Waals surface area contributed by atoms with E-state index in [0.29, 0.717) is 0 Å². The van der Waals surface area contributed by atoms with Crippen molar-refractivity contribution < 1.29 is 4.74 Å². The van der Waals surface area contributed by atoms with Gasteiger partial charge in [-0.3, -0.25) is 0 Å². The first-order valence-electron chi connectivity index (χ1n) is 6.46. The molecule has 0 radical (unpaired) electrons. The number of allylic oxidation sites excluding steroid dienone is 1. The topological polar surface area (TPSA) is 12.5 Å². The van der Waals surface area contributed by atoms with Gasteiger partial charge in [-0.25, -0.2) is 0 Å². The molecule has 0 aromatic heterocycles. The normalized spacial score (nSPS) is 36.3. The molecule has 0 aromatic rings.